The molecule has 1 aliphatic rings. The van der Waals surface area contributed by atoms with Gasteiger partial charge in [-0.1, -0.05) is 0 Å². The Morgan fingerprint density at radius 1 is 1.17 bits per heavy atom. The molecule has 1 fully saturated rings. The highest BCUT2D eigenvalue weighted by atomic mass is 19.4. The van der Waals surface area contributed by atoms with Gasteiger partial charge in [0.15, 0.2) is 0 Å². The van der Waals surface area contributed by atoms with Crippen molar-refractivity contribution >= 4 is 5.82 Å². The molecule has 0 spiro atoms. The van der Waals surface area contributed by atoms with Crippen molar-refractivity contribution in [3.05, 3.63) is 23.9 Å². The third-order valence-electron chi connectivity index (χ3n) is 2.87. The van der Waals surface area contributed by atoms with Crippen molar-refractivity contribution in [2.75, 3.05) is 38.7 Å². The molecule has 0 bridgehead atoms. The third kappa shape index (κ3) is 3.33. The fourth-order valence-electron chi connectivity index (χ4n) is 1.71. The number of hydrogen-bond donors (Lipinski definition) is 1. The molecule has 2 rings (SSSR count). The van der Waals surface area contributed by atoms with E-state index in [0.717, 1.165) is 38.4 Å². The number of aromatic nitrogens is 1. The lowest BCUT2D eigenvalue weighted by molar-refractivity contribution is -0.137. The van der Waals surface area contributed by atoms with E-state index >= 15 is 0 Å². The second kappa shape index (κ2) is 5.11. The Kier molecular flexibility index (Phi) is 3.72. The van der Waals surface area contributed by atoms with Crippen molar-refractivity contribution in [2.24, 2.45) is 0 Å². The van der Waals surface area contributed by atoms with Crippen molar-refractivity contribution in [3.8, 4) is 0 Å². The lowest BCUT2D eigenvalue weighted by Crippen LogP contribution is -2.47. The summed E-state index contributed by atoms with van der Waals surface area (Å²) in [6.07, 6.45) is -3.49. The maximum absolute atomic E-state index is 12.3. The molecule has 0 aromatic carbocycles. The minimum absolute atomic E-state index is 0.438. The van der Waals surface area contributed by atoms with Crippen LogP contribution in [0.1, 0.15) is 5.56 Å². The number of hydrazine groups is 1. The van der Waals surface area contributed by atoms with E-state index < -0.39 is 11.7 Å². The van der Waals surface area contributed by atoms with Crippen LogP contribution in [0.4, 0.5) is 19.0 Å². The van der Waals surface area contributed by atoms with Gasteiger partial charge >= 0.3 is 6.18 Å². The number of pyridine rings is 1. The molecule has 1 aromatic rings. The number of hydrogen-bond acceptors (Lipinski definition) is 4. The zero-order valence-corrected chi connectivity index (χ0v) is 10.0. The van der Waals surface area contributed by atoms with Gasteiger partial charge in [0.2, 0.25) is 0 Å². The molecule has 1 saturated heterocycles. The molecule has 0 unspecified atom stereocenters. The summed E-state index contributed by atoms with van der Waals surface area (Å²) in [5, 5.41) is 1.95. The molecule has 18 heavy (non-hydrogen) atoms. The third-order valence-corrected chi connectivity index (χ3v) is 2.87. The molecule has 7 heteroatoms. The van der Waals surface area contributed by atoms with Gasteiger partial charge in [0.25, 0.3) is 0 Å². The number of anilines is 1. The van der Waals surface area contributed by atoms with E-state index in [1.54, 1.807) is 0 Å². The van der Waals surface area contributed by atoms with Gasteiger partial charge in [-0.05, 0) is 19.2 Å². The lowest BCUT2D eigenvalue weighted by atomic mass is 10.3. The van der Waals surface area contributed by atoms with E-state index in [0.29, 0.717) is 5.82 Å². The van der Waals surface area contributed by atoms with Crippen LogP contribution in [-0.2, 0) is 6.18 Å². The normalized spacial score (nSPS) is 18.9. The Hall–Kier alpha value is -1.34. The summed E-state index contributed by atoms with van der Waals surface area (Å²) in [4.78, 5) is 5.96. The van der Waals surface area contributed by atoms with Crippen LogP contribution in [-0.4, -0.2) is 48.1 Å². The largest absolute Gasteiger partial charge is 0.417 e. The van der Waals surface area contributed by atoms with Crippen LogP contribution >= 0.6 is 0 Å². The van der Waals surface area contributed by atoms with Crippen LogP contribution < -0.4 is 5.43 Å². The van der Waals surface area contributed by atoms with Crippen LogP contribution in [0, 0.1) is 0 Å². The average Bonchev–Trinajstić information content (AvgIpc) is 2.32. The molecule has 0 amide bonds. The summed E-state index contributed by atoms with van der Waals surface area (Å²) in [5.41, 5.74) is 2.28. The fourth-order valence-corrected chi connectivity index (χ4v) is 1.71. The standard InChI is InChI=1S/C11H15F3N4/c1-17-4-6-18(7-5-17)16-10-3-2-9(8-15-10)11(12,13)14/h2-3,8H,4-7H2,1H3,(H,15,16). The van der Waals surface area contributed by atoms with E-state index in [4.69, 9.17) is 0 Å². The Balaban J connectivity index is 1.94. The molecule has 100 valence electrons. The fraction of sp³-hybridized carbons (Fsp3) is 0.545. The minimum Gasteiger partial charge on any atom is -0.304 e. The first kappa shape index (κ1) is 13.1. The predicted molar refractivity (Wildman–Crippen MR) is 61.9 cm³/mol. The van der Waals surface area contributed by atoms with Crippen LogP contribution in [0.5, 0.6) is 0 Å². The zero-order chi connectivity index (χ0) is 13.2. The summed E-state index contributed by atoms with van der Waals surface area (Å²) in [6.45, 7) is 3.49. The molecule has 0 radical (unpaired) electrons. The van der Waals surface area contributed by atoms with Crippen LogP contribution in [0.3, 0.4) is 0 Å². The van der Waals surface area contributed by atoms with Crippen molar-refractivity contribution < 1.29 is 13.2 Å². The highest BCUT2D eigenvalue weighted by Crippen LogP contribution is 2.28. The minimum atomic E-state index is -4.33. The number of piperazine rings is 1. The highest BCUT2D eigenvalue weighted by molar-refractivity contribution is 5.35. The Bertz CT molecular complexity index is 382. The molecular formula is C11H15F3N4. The molecule has 0 saturated carbocycles. The molecule has 0 aliphatic carbocycles. The molecule has 1 N–H and O–H groups in total. The Morgan fingerprint density at radius 3 is 2.33 bits per heavy atom. The summed E-state index contributed by atoms with van der Waals surface area (Å²) in [5.74, 6) is 0.438. The maximum Gasteiger partial charge on any atom is 0.417 e. The summed E-state index contributed by atoms with van der Waals surface area (Å²) >= 11 is 0. The number of halogens is 3. The SMILES string of the molecule is CN1CCN(Nc2ccc(C(F)(F)F)cn2)CC1. The predicted octanol–water partition coefficient (Wildman–Crippen LogP) is 1.67. The van der Waals surface area contributed by atoms with Crippen LogP contribution in [0.25, 0.3) is 0 Å². The molecule has 4 nitrogen and oxygen atoms in total. The van der Waals surface area contributed by atoms with E-state index in [1.165, 1.54) is 6.07 Å². The van der Waals surface area contributed by atoms with Gasteiger partial charge in [-0.15, -0.1) is 0 Å². The molecule has 1 aliphatic heterocycles. The summed E-state index contributed by atoms with van der Waals surface area (Å²) in [6, 6.07) is 2.38. The van der Waals surface area contributed by atoms with Gasteiger partial charge < -0.3 is 10.3 Å². The first-order chi connectivity index (χ1) is 8.45. The second-order valence-corrected chi connectivity index (χ2v) is 4.33. The summed E-state index contributed by atoms with van der Waals surface area (Å²) < 4.78 is 37.0. The first-order valence-corrected chi connectivity index (χ1v) is 5.68. The van der Waals surface area contributed by atoms with E-state index in [9.17, 15) is 13.2 Å². The number of rotatable bonds is 2. The number of likely N-dealkylation sites (N-methyl/N-ethyl adjacent to an activating group) is 1. The van der Waals surface area contributed by atoms with Gasteiger partial charge in [-0.2, -0.15) is 13.2 Å². The second-order valence-electron chi connectivity index (χ2n) is 4.33. The maximum atomic E-state index is 12.3. The number of alkyl halides is 3. The highest BCUT2D eigenvalue weighted by Gasteiger charge is 2.30. The van der Waals surface area contributed by atoms with Crippen molar-refractivity contribution in [2.45, 2.75) is 6.18 Å². The summed E-state index contributed by atoms with van der Waals surface area (Å²) in [7, 11) is 2.04. The molecule has 0 atom stereocenters. The van der Waals surface area contributed by atoms with E-state index in [-0.39, 0.29) is 0 Å². The van der Waals surface area contributed by atoms with Crippen molar-refractivity contribution in [3.63, 3.8) is 0 Å². The van der Waals surface area contributed by atoms with Gasteiger partial charge in [0.1, 0.15) is 5.82 Å². The monoisotopic (exact) mass is 260 g/mol. The quantitative estimate of drug-likeness (QED) is 0.876. The number of nitrogens with zero attached hydrogens (tertiary/aromatic N) is 3. The Morgan fingerprint density at radius 2 is 1.83 bits per heavy atom. The van der Waals surface area contributed by atoms with Gasteiger partial charge in [-0.3, -0.25) is 0 Å². The smallest absolute Gasteiger partial charge is 0.304 e. The van der Waals surface area contributed by atoms with Crippen molar-refractivity contribution in [1.29, 1.82) is 0 Å². The lowest BCUT2D eigenvalue weighted by Gasteiger charge is -2.32. The van der Waals surface area contributed by atoms with E-state index in [2.05, 4.69) is 15.3 Å². The zero-order valence-electron chi connectivity index (χ0n) is 10.0. The van der Waals surface area contributed by atoms with Gasteiger partial charge in [0.05, 0.1) is 5.56 Å². The van der Waals surface area contributed by atoms with Crippen LogP contribution in [0.15, 0.2) is 18.3 Å². The van der Waals surface area contributed by atoms with Gasteiger partial charge in [-0.25, -0.2) is 9.99 Å². The van der Waals surface area contributed by atoms with Gasteiger partial charge in [0, 0.05) is 32.4 Å². The topological polar surface area (TPSA) is 31.4 Å². The molecule has 1 aromatic heterocycles. The van der Waals surface area contributed by atoms with Crippen LogP contribution in [0.2, 0.25) is 0 Å². The molecular weight excluding hydrogens is 245 g/mol. The first-order valence-electron chi connectivity index (χ1n) is 5.68. The average molecular weight is 260 g/mol. The number of nitrogens with one attached hydrogen (secondary N) is 1. The van der Waals surface area contributed by atoms with Crippen molar-refractivity contribution in [1.82, 2.24) is 14.9 Å². The Labute approximate surface area is 103 Å². The molecule has 2 heterocycles. The van der Waals surface area contributed by atoms with E-state index in [1.807, 2.05) is 12.1 Å².